The summed E-state index contributed by atoms with van der Waals surface area (Å²) in [6, 6.07) is 1.27. The number of piperazine rings is 1. The Hall–Kier alpha value is -0.610. The number of hydrogen-bond acceptors (Lipinski definition) is 3. The first-order valence-corrected chi connectivity index (χ1v) is 8.35. The lowest BCUT2D eigenvalue weighted by Crippen LogP contribution is -2.55. The lowest BCUT2D eigenvalue weighted by molar-refractivity contribution is -0.138. The molecule has 20 heavy (non-hydrogen) atoms. The van der Waals surface area contributed by atoms with Crippen LogP contribution in [0.15, 0.2) is 0 Å². The van der Waals surface area contributed by atoms with Crippen LogP contribution in [-0.2, 0) is 4.79 Å². The normalized spacial score (nSPS) is 25.9. The van der Waals surface area contributed by atoms with Crippen molar-refractivity contribution in [2.75, 3.05) is 26.2 Å². The summed E-state index contributed by atoms with van der Waals surface area (Å²) in [6.45, 7) is 10.1. The van der Waals surface area contributed by atoms with E-state index in [1.807, 2.05) is 0 Å². The third-order valence-corrected chi connectivity index (χ3v) is 4.79. The third kappa shape index (κ3) is 3.95. The summed E-state index contributed by atoms with van der Waals surface area (Å²) in [5.41, 5.74) is 0. The molecule has 1 saturated carbocycles. The van der Waals surface area contributed by atoms with Gasteiger partial charge in [0.1, 0.15) is 0 Å². The minimum Gasteiger partial charge on any atom is -0.336 e. The van der Waals surface area contributed by atoms with Crippen LogP contribution in [0.2, 0.25) is 0 Å². The van der Waals surface area contributed by atoms with Crippen LogP contribution in [0.1, 0.15) is 52.9 Å². The molecule has 0 aromatic rings. The Morgan fingerprint density at radius 3 is 2.60 bits per heavy atom. The Morgan fingerprint density at radius 2 is 2.00 bits per heavy atom. The molecule has 2 fully saturated rings. The van der Waals surface area contributed by atoms with Gasteiger partial charge in [-0.25, -0.2) is 0 Å². The fourth-order valence-corrected chi connectivity index (χ4v) is 3.65. The van der Waals surface area contributed by atoms with E-state index in [4.69, 9.17) is 0 Å². The van der Waals surface area contributed by atoms with Crippen molar-refractivity contribution in [1.82, 2.24) is 15.1 Å². The van der Waals surface area contributed by atoms with Gasteiger partial charge in [0.15, 0.2) is 0 Å². The Balaban J connectivity index is 1.95. The van der Waals surface area contributed by atoms with Gasteiger partial charge in [0, 0.05) is 37.8 Å². The molecule has 1 N–H and O–H groups in total. The van der Waals surface area contributed by atoms with Crippen molar-refractivity contribution < 1.29 is 4.79 Å². The lowest BCUT2D eigenvalue weighted by atomic mass is 9.93. The van der Waals surface area contributed by atoms with Crippen molar-refractivity contribution in [3.8, 4) is 0 Å². The minimum absolute atomic E-state index is 0.323. The third-order valence-electron chi connectivity index (χ3n) is 4.79. The van der Waals surface area contributed by atoms with Crippen molar-refractivity contribution in [3.05, 3.63) is 0 Å². The van der Waals surface area contributed by atoms with E-state index in [1.165, 1.54) is 32.1 Å². The standard InChI is InChI=1S/C16H31N3O/c1-13(2)19(15-7-5-4-6-8-15)16(20)12-18-10-9-17-11-14(18)3/h13-15,17H,4-12H2,1-3H3/t14-/m1/s1. The lowest BCUT2D eigenvalue weighted by Gasteiger charge is -2.40. The van der Waals surface area contributed by atoms with Crippen LogP contribution >= 0.6 is 0 Å². The first-order chi connectivity index (χ1) is 9.59. The van der Waals surface area contributed by atoms with Crippen molar-refractivity contribution in [1.29, 1.82) is 0 Å². The molecule has 1 amide bonds. The van der Waals surface area contributed by atoms with E-state index in [2.05, 4.69) is 35.9 Å². The Kier molecular flexibility index (Phi) is 5.85. The second kappa shape index (κ2) is 7.41. The average molecular weight is 281 g/mol. The molecule has 0 radical (unpaired) electrons. The van der Waals surface area contributed by atoms with Crippen LogP contribution in [0.3, 0.4) is 0 Å². The Morgan fingerprint density at radius 1 is 1.30 bits per heavy atom. The van der Waals surface area contributed by atoms with Gasteiger partial charge in [-0.05, 0) is 33.6 Å². The summed E-state index contributed by atoms with van der Waals surface area (Å²) in [6.07, 6.45) is 6.30. The van der Waals surface area contributed by atoms with E-state index in [1.54, 1.807) is 0 Å². The Bertz CT molecular complexity index is 313. The molecule has 4 heteroatoms. The molecule has 0 spiro atoms. The molecular formula is C16H31N3O. The maximum atomic E-state index is 12.8. The smallest absolute Gasteiger partial charge is 0.237 e. The first-order valence-electron chi connectivity index (χ1n) is 8.35. The summed E-state index contributed by atoms with van der Waals surface area (Å²) in [5, 5.41) is 3.39. The van der Waals surface area contributed by atoms with Crippen molar-refractivity contribution in [3.63, 3.8) is 0 Å². The molecule has 0 unspecified atom stereocenters. The largest absolute Gasteiger partial charge is 0.336 e. The SMILES string of the molecule is CC(C)N(C(=O)CN1CCNC[C@H]1C)C1CCCCC1. The molecule has 2 rings (SSSR count). The molecule has 0 aromatic heterocycles. The maximum Gasteiger partial charge on any atom is 0.237 e. The summed E-state index contributed by atoms with van der Waals surface area (Å²) in [5.74, 6) is 0.334. The van der Waals surface area contributed by atoms with Gasteiger partial charge >= 0.3 is 0 Å². The molecule has 1 aliphatic carbocycles. The number of carbonyl (C=O) groups excluding carboxylic acids is 1. The molecule has 0 aromatic carbocycles. The van der Waals surface area contributed by atoms with Crippen molar-refractivity contribution in [2.24, 2.45) is 0 Å². The summed E-state index contributed by atoms with van der Waals surface area (Å²) < 4.78 is 0. The van der Waals surface area contributed by atoms with E-state index >= 15 is 0 Å². The van der Waals surface area contributed by atoms with Crippen LogP contribution < -0.4 is 5.32 Å². The van der Waals surface area contributed by atoms with Crippen LogP contribution in [0.25, 0.3) is 0 Å². The fourth-order valence-electron chi connectivity index (χ4n) is 3.65. The zero-order valence-corrected chi connectivity index (χ0v) is 13.4. The summed E-state index contributed by atoms with van der Waals surface area (Å²) >= 11 is 0. The molecule has 1 saturated heterocycles. The van der Waals surface area contributed by atoms with E-state index < -0.39 is 0 Å². The molecule has 1 atom stereocenters. The van der Waals surface area contributed by atoms with Gasteiger partial charge < -0.3 is 10.2 Å². The molecule has 116 valence electrons. The second-order valence-corrected chi connectivity index (χ2v) is 6.71. The molecule has 2 aliphatic rings. The molecular weight excluding hydrogens is 250 g/mol. The van der Waals surface area contributed by atoms with Gasteiger partial charge in [-0.15, -0.1) is 0 Å². The predicted octanol–water partition coefficient (Wildman–Crippen LogP) is 1.85. The van der Waals surface area contributed by atoms with Crippen LogP contribution in [0, 0.1) is 0 Å². The highest BCUT2D eigenvalue weighted by Crippen LogP contribution is 2.24. The van der Waals surface area contributed by atoms with Gasteiger partial charge in [-0.1, -0.05) is 19.3 Å². The van der Waals surface area contributed by atoms with Crippen molar-refractivity contribution in [2.45, 2.75) is 71.0 Å². The van der Waals surface area contributed by atoms with E-state index in [0.29, 0.717) is 30.6 Å². The number of carbonyl (C=O) groups is 1. The van der Waals surface area contributed by atoms with E-state index in [9.17, 15) is 4.79 Å². The van der Waals surface area contributed by atoms with Crippen LogP contribution in [0.4, 0.5) is 0 Å². The molecule has 0 bridgehead atoms. The monoisotopic (exact) mass is 281 g/mol. The highest BCUT2D eigenvalue weighted by molar-refractivity contribution is 5.79. The topological polar surface area (TPSA) is 35.6 Å². The van der Waals surface area contributed by atoms with Crippen LogP contribution in [-0.4, -0.2) is 60.0 Å². The first kappa shape index (κ1) is 15.8. The van der Waals surface area contributed by atoms with E-state index in [0.717, 1.165) is 19.6 Å². The molecule has 1 heterocycles. The minimum atomic E-state index is 0.323. The van der Waals surface area contributed by atoms with Gasteiger partial charge in [0.05, 0.1) is 6.54 Å². The van der Waals surface area contributed by atoms with Crippen LogP contribution in [0.5, 0.6) is 0 Å². The predicted molar refractivity (Wildman–Crippen MR) is 82.8 cm³/mol. The summed E-state index contributed by atoms with van der Waals surface area (Å²) in [4.78, 5) is 17.3. The number of hydrogen-bond donors (Lipinski definition) is 1. The second-order valence-electron chi connectivity index (χ2n) is 6.71. The van der Waals surface area contributed by atoms with Crippen molar-refractivity contribution >= 4 is 5.91 Å². The number of nitrogens with zero attached hydrogens (tertiary/aromatic N) is 2. The van der Waals surface area contributed by atoms with Gasteiger partial charge in [-0.3, -0.25) is 9.69 Å². The highest BCUT2D eigenvalue weighted by Gasteiger charge is 2.30. The van der Waals surface area contributed by atoms with Gasteiger partial charge in [0.2, 0.25) is 5.91 Å². The average Bonchev–Trinajstić information content (AvgIpc) is 2.42. The maximum absolute atomic E-state index is 12.8. The molecule has 4 nitrogen and oxygen atoms in total. The summed E-state index contributed by atoms with van der Waals surface area (Å²) in [7, 11) is 0. The number of rotatable bonds is 4. The highest BCUT2D eigenvalue weighted by atomic mass is 16.2. The number of nitrogens with one attached hydrogen (secondary N) is 1. The zero-order chi connectivity index (χ0) is 14.5. The van der Waals surface area contributed by atoms with Gasteiger partial charge in [-0.2, -0.15) is 0 Å². The Labute approximate surface area is 123 Å². The fraction of sp³-hybridized carbons (Fsp3) is 0.938. The quantitative estimate of drug-likeness (QED) is 0.854. The number of amides is 1. The zero-order valence-electron chi connectivity index (χ0n) is 13.4. The van der Waals surface area contributed by atoms with E-state index in [-0.39, 0.29) is 0 Å². The molecule has 1 aliphatic heterocycles. The van der Waals surface area contributed by atoms with Gasteiger partial charge in [0.25, 0.3) is 0 Å².